The van der Waals surface area contributed by atoms with Crippen molar-refractivity contribution in [2.45, 2.75) is 13.8 Å². The Morgan fingerprint density at radius 1 is 0.625 bits per heavy atom. The third kappa shape index (κ3) is 2.82. The first kappa shape index (κ1) is 17.3. The predicted molar refractivity (Wildman–Crippen MR) is 102 cm³/mol. The van der Waals surface area contributed by atoms with Gasteiger partial charge in [0, 0.05) is 5.56 Å². The Morgan fingerprint density at radius 2 is 1.00 bits per heavy atom. The molecule has 122 valence electrons. The van der Waals surface area contributed by atoms with E-state index in [0.717, 1.165) is 16.7 Å². The first-order valence-electron chi connectivity index (χ1n) is 7.41. The summed E-state index contributed by atoms with van der Waals surface area (Å²) >= 11 is 6.67. The molecule has 4 heteroatoms. The Bertz CT molecular complexity index is 827. The van der Waals surface area contributed by atoms with Crippen LogP contribution in [0.5, 0.6) is 0 Å². The van der Waals surface area contributed by atoms with Gasteiger partial charge in [-0.2, -0.15) is 0 Å². The maximum absolute atomic E-state index is 15.1. The standard InChI is InChI=1S/C20H14Br2F2/c1-11-7-3-5-9-13(11)15-17(21)19(23)16(20(24)18(15)22)14-10-6-4-8-12(14)2/h3-10H,1-2H3. The highest BCUT2D eigenvalue weighted by Crippen LogP contribution is 2.45. The zero-order chi connectivity index (χ0) is 17.4. The second-order valence-corrected chi connectivity index (χ2v) is 7.22. The summed E-state index contributed by atoms with van der Waals surface area (Å²) < 4.78 is 30.7. The Labute approximate surface area is 156 Å². The van der Waals surface area contributed by atoms with Crippen LogP contribution in [0.4, 0.5) is 8.78 Å². The monoisotopic (exact) mass is 450 g/mol. The number of hydrogen-bond acceptors (Lipinski definition) is 0. The SMILES string of the molecule is Cc1ccccc1-c1c(F)c(Br)c(-c2ccccc2C)c(Br)c1F. The molecular weight excluding hydrogens is 438 g/mol. The van der Waals surface area contributed by atoms with E-state index in [0.29, 0.717) is 11.1 Å². The van der Waals surface area contributed by atoms with Gasteiger partial charge in [0.1, 0.15) is 11.6 Å². The van der Waals surface area contributed by atoms with Crippen molar-refractivity contribution in [3.8, 4) is 22.3 Å². The van der Waals surface area contributed by atoms with Crippen LogP contribution >= 0.6 is 31.9 Å². The van der Waals surface area contributed by atoms with Gasteiger partial charge in [0.2, 0.25) is 0 Å². The van der Waals surface area contributed by atoms with Gasteiger partial charge in [-0.25, -0.2) is 8.78 Å². The van der Waals surface area contributed by atoms with Gasteiger partial charge in [0.05, 0.1) is 14.5 Å². The van der Waals surface area contributed by atoms with Gasteiger partial charge < -0.3 is 0 Å². The van der Waals surface area contributed by atoms with Crippen molar-refractivity contribution in [1.29, 1.82) is 0 Å². The highest BCUT2D eigenvalue weighted by Gasteiger charge is 2.25. The molecule has 0 aromatic heterocycles. The fourth-order valence-corrected chi connectivity index (χ4v) is 4.30. The van der Waals surface area contributed by atoms with E-state index in [-0.39, 0.29) is 14.5 Å². The lowest BCUT2D eigenvalue weighted by atomic mass is 9.94. The summed E-state index contributed by atoms with van der Waals surface area (Å²) in [5.41, 5.74) is 3.55. The third-order valence-electron chi connectivity index (χ3n) is 4.09. The van der Waals surface area contributed by atoms with E-state index >= 15 is 8.78 Å². The smallest absolute Gasteiger partial charge is 0.148 e. The van der Waals surface area contributed by atoms with E-state index in [9.17, 15) is 0 Å². The lowest BCUT2D eigenvalue weighted by Gasteiger charge is -2.17. The fraction of sp³-hybridized carbons (Fsp3) is 0.100. The Hall–Kier alpha value is -1.52. The minimum atomic E-state index is -0.594. The molecule has 0 aliphatic heterocycles. The lowest BCUT2D eigenvalue weighted by Crippen LogP contribution is -1.99. The molecule has 3 aromatic carbocycles. The Morgan fingerprint density at radius 3 is 1.42 bits per heavy atom. The number of aryl methyl sites for hydroxylation is 2. The molecule has 0 atom stereocenters. The summed E-state index contributed by atoms with van der Waals surface area (Å²) in [5, 5.41) is 0. The van der Waals surface area contributed by atoms with Crippen LogP contribution in [0.2, 0.25) is 0 Å². The molecule has 0 saturated heterocycles. The number of rotatable bonds is 2. The zero-order valence-corrected chi connectivity index (χ0v) is 16.3. The van der Waals surface area contributed by atoms with Crippen molar-refractivity contribution in [2.24, 2.45) is 0 Å². The van der Waals surface area contributed by atoms with E-state index in [1.807, 2.05) is 50.2 Å². The average molecular weight is 452 g/mol. The maximum Gasteiger partial charge on any atom is 0.148 e. The van der Waals surface area contributed by atoms with E-state index in [2.05, 4.69) is 31.9 Å². The third-order valence-corrected chi connectivity index (χ3v) is 5.58. The van der Waals surface area contributed by atoms with E-state index in [1.165, 1.54) is 0 Å². The number of hydrogen-bond donors (Lipinski definition) is 0. The molecule has 3 aromatic rings. The molecule has 0 unspecified atom stereocenters. The molecular formula is C20H14Br2F2. The first-order chi connectivity index (χ1) is 11.4. The van der Waals surface area contributed by atoms with Gasteiger partial charge in [-0.15, -0.1) is 0 Å². The molecule has 24 heavy (non-hydrogen) atoms. The molecule has 0 amide bonds. The van der Waals surface area contributed by atoms with Crippen LogP contribution in [-0.2, 0) is 0 Å². The van der Waals surface area contributed by atoms with Crippen molar-refractivity contribution >= 4 is 31.9 Å². The topological polar surface area (TPSA) is 0 Å². The minimum Gasteiger partial charge on any atom is -0.205 e. The van der Waals surface area contributed by atoms with Gasteiger partial charge in [0.15, 0.2) is 0 Å². The van der Waals surface area contributed by atoms with Crippen LogP contribution in [0, 0.1) is 25.5 Å². The summed E-state index contributed by atoms with van der Waals surface area (Å²) in [7, 11) is 0. The fourth-order valence-electron chi connectivity index (χ4n) is 2.81. The van der Waals surface area contributed by atoms with Crippen LogP contribution < -0.4 is 0 Å². The molecule has 0 saturated carbocycles. The summed E-state index contributed by atoms with van der Waals surface area (Å²) in [6.07, 6.45) is 0. The maximum atomic E-state index is 15.1. The van der Waals surface area contributed by atoms with E-state index < -0.39 is 11.6 Å². The van der Waals surface area contributed by atoms with E-state index in [1.54, 1.807) is 12.1 Å². The summed E-state index contributed by atoms with van der Waals surface area (Å²) in [6.45, 7) is 3.75. The highest BCUT2D eigenvalue weighted by atomic mass is 79.9. The largest absolute Gasteiger partial charge is 0.205 e. The minimum absolute atomic E-state index is 0.0239. The van der Waals surface area contributed by atoms with Crippen molar-refractivity contribution < 1.29 is 8.78 Å². The second-order valence-electron chi connectivity index (χ2n) is 5.64. The lowest BCUT2D eigenvalue weighted by molar-refractivity contribution is 0.582. The van der Waals surface area contributed by atoms with Crippen LogP contribution in [0.15, 0.2) is 57.5 Å². The predicted octanol–water partition coefficient (Wildman–Crippen LogP) is 7.44. The molecule has 0 N–H and O–H groups in total. The Kier molecular flexibility index (Phi) is 4.88. The molecule has 0 spiro atoms. The van der Waals surface area contributed by atoms with Crippen molar-refractivity contribution in [3.63, 3.8) is 0 Å². The van der Waals surface area contributed by atoms with Gasteiger partial charge in [-0.05, 0) is 68.0 Å². The number of benzene rings is 3. The quantitative estimate of drug-likeness (QED) is 0.355. The second kappa shape index (κ2) is 6.77. The summed E-state index contributed by atoms with van der Waals surface area (Å²) in [5.74, 6) is -1.19. The molecule has 0 aliphatic rings. The summed E-state index contributed by atoms with van der Waals surface area (Å²) in [6, 6.07) is 14.7. The van der Waals surface area contributed by atoms with E-state index in [4.69, 9.17) is 0 Å². The molecule has 0 fully saturated rings. The average Bonchev–Trinajstić information content (AvgIpc) is 2.57. The normalized spacial score (nSPS) is 10.9. The van der Waals surface area contributed by atoms with Gasteiger partial charge in [-0.1, -0.05) is 48.5 Å². The first-order valence-corrected chi connectivity index (χ1v) is 9.00. The van der Waals surface area contributed by atoms with Crippen LogP contribution in [-0.4, -0.2) is 0 Å². The molecule has 0 aliphatic carbocycles. The van der Waals surface area contributed by atoms with Gasteiger partial charge in [-0.3, -0.25) is 0 Å². The molecule has 3 rings (SSSR count). The van der Waals surface area contributed by atoms with Crippen molar-refractivity contribution in [1.82, 2.24) is 0 Å². The highest BCUT2D eigenvalue weighted by molar-refractivity contribution is 9.11. The molecule has 0 heterocycles. The van der Waals surface area contributed by atoms with Gasteiger partial charge >= 0.3 is 0 Å². The van der Waals surface area contributed by atoms with Crippen molar-refractivity contribution in [3.05, 3.63) is 80.2 Å². The summed E-state index contributed by atoms with van der Waals surface area (Å²) in [4.78, 5) is 0. The van der Waals surface area contributed by atoms with Crippen molar-refractivity contribution in [2.75, 3.05) is 0 Å². The van der Waals surface area contributed by atoms with Gasteiger partial charge in [0.25, 0.3) is 0 Å². The Balaban J connectivity index is 2.36. The molecule has 0 nitrogen and oxygen atoms in total. The van der Waals surface area contributed by atoms with Crippen LogP contribution in [0.3, 0.4) is 0 Å². The molecule has 0 bridgehead atoms. The van der Waals surface area contributed by atoms with Crippen LogP contribution in [0.25, 0.3) is 22.3 Å². The number of halogens is 4. The van der Waals surface area contributed by atoms with Crippen LogP contribution in [0.1, 0.15) is 11.1 Å². The zero-order valence-electron chi connectivity index (χ0n) is 13.1. The molecule has 0 radical (unpaired) electrons.